The number of piperidine rings is 2. The Kier molecular flexibility index (Phi) is 10.3. The Labute approximate surface area is 320 Å². The number of nitrogens with two attached hydrogens (primary N) is 1. The molecule has 56 heavy (non-hydrogen) atoms. The third-order valence-electron chi connectivity index (χ3n) is 10.6. The maximum atomic E-state index is 15.4. The van der Waals surface area contributed by atoms with E-state index in [0.717, 1.165) is 4.90 Å². The number of halogens is 2. The number of hydrogen-bond acceptors (Lipinski definition) is 12. The number of rotatable bonds is 9. The number of benzene rings is 3. The number of nitrogens with zero attached hydrogens (tertiary/aromatic N) is 6. The van der Waals surface area contributed by atoms with Crippen molar-refractivity contribution in [2.24, 2.45) is 10.7 Å². The first kappa shape index (κ1) is 37.0. The Morgan fingerprint density at radius 3 is 2.43 bits per heavy atom. The average molecular weight is 764 g/mol. The fraction of sp³-hybridized carbons (Fsp3) is 0.325. The molecule has 3 saturated heterocycles. The van der Waals surface area contributed by atoms with E-state index in [1.54, 1.807) is 48.8 Å². The third-order valence-corrected chi connectivity index (χ3v) is 10.6. The van der Waals surface area contributed by atoms with E-state index in [1.807, 2.05) is 9.91 Å². The molecule has 0 bridgehead atoms. The Morgan fingerprint density at radius 2 is 1.70 bits per heavy atom. The summed E-state index contributed by atoms with van der Waals surface area (Å²) in [6.45, 7) is 3.58. The minimum Gasteiger partial charge on any atom is -0.404 e. The molecule has 16 heteroatoms. The van der Waals surface area contributed by atoms with Gasteiger partial charge in [-0.15, -0.1) is 0 Å². The average Bonchev–Trinajstić information content (AvgIpc) is 3.46. The van der Waals surface area contributed by atoms with E-state index in [4.69, 9.17) is 20.4 Å². The van der Waals surface area contributed by atoms with Crippen LogP contribution in [0.3, 0.4) is 0 Å². The highest BCUT2D eigenvalue weighted by Gasteiger charge is 2.45. The molecule has 4 N–H and O–H groups in total. The van der Waals surface area contributed by atoms with Crippen molar-refractivity contribution in [3.05, 3.63) is 94.9 Å². The Bertz CT molecular complexity index is 2280. The molecule has 3 aromatic carbocycles. The summed E-state index contributed by atoms with van der Waals surface area (Å²) in [5.41, 5.74) is 13.1. The summed E-state index contributed by atoms with van der Waals surface area (Å²) in [5, 5.41) is 4.17. The minimum atomic E-state index is -1.05. The Balaban J connectivity index is 0.932. The van der Waals surface area contributed by atoms with E-state index in [1.165, 1.54) is 18.3 Å². The van der Waals surface area contributed by atoms with Crippen molar-refractivity contribution in [2.75, 3.05) is 44.8 Å². The van der Waals surface area contributed by atoms with Gasteiger partial charge in [-0.25, -0.2) is 18.8 Å². The van der Waals surface area contributed by atoms with Gasteiger partial charge in [-0.05, 0) is 55.2 Å². The fourth-order valence-corrected chi connectivity index (χ4v) is 7.58. The van der Waals surface area contributed by atoms with Gasteiger partial charge in [0.1, 0.15) is 17.7 Å². The van der Waals surface area contributed by atoms with Crippen molar-refractivity contribution in [3.8, 4) is 11.1 Å². The van der Waals surface area contributed by atoms with E-state index in [9.17, 15) is 19.2 Å². The van der Waals surface area contributed by atoms with Crippen LogP contribution in [0.2, 0.25) is 0 Å². The zero-order chi connectivity index (χ0) is 38.9. The Hall–Kier alpha value is -5.97. The van der Waals surface area contributed by atoms with Gasteiger partial charge < -0.3 is 15.9 Å². The van der Waals surface area contributed by atoms with Crippen molar-refractivity contribution in [1.29, 1.82) is 0 Å². The molecular formula is C40H39F2N9O5. The SMILES string of the molecule is NC=C(C=NC1CCN(Nc2cccc3c2C(=O)N(C2CCC(=O)NC2=O)C3=O)CC1)c1cnc2cccc(-c3cc(F)c(CN4CCOCC4)c(F)c3)c2n1. The second-order valence-electron chi connectivity index (χ2n) is 14.1. The summed E-state index contributed by atoms with van der Waals surface area (Å²) >= 11 is 0. The topological polar surface area (TPSA) is 175 Å². The van der Waals surface area contributed by atoms with Gasteiger partial charge in [-0.3, -0.25) is 44.3 Å². The number of ether oxygens (including phenoxy) is 1. The molecule has 0 radical (unpaired) electrons. The van der Waals surface area contributed by atoms with Gasteiger partial charge in [0.05, 0.1) is 59.0 Å². The molecule has 0 saturated carbocycles. The number of nitrogens with one attached hydrogen (secondary N) is 2. The second kappa shape index (κ2) is 15.6. The van der Waals surface area contributed by atoms with Gasteiger partial charge in [0.2, 0.25) is 11.8 Å². The van der Waals surface area contributed by atoms with Crippen LogP contribution in [0.5, 0.6) is 0 Å². The lowest BCUT2D eigenvalue weighted by Gasteiger charge is -2.31. The fourth-order valence-electron chi connectivity index (χ4n) is 7.58. The molecule has 5 heterocycles. The van der Waals surface area contributed by atoms with Crippen molar-refractivity contribution in [1.82, 2.24) is 30.1 Å². The molecule has 4 aliphatic heterocycles. The van der Waals surface area contributed by atoms with Crippen LogP contribution in [0.1, 0.15) is 57.7 Å². The quantitative estimate of drug-likeness (QED) is 0.168. The first-order valence-corrected chi connectivity index (χ1v) is 18.5. The molecule has 1 unspecified atom stereocenters. The molecule has 4 aliphatic rings. The number of carbonyl (C=O) groups is 4. The molecule has 288 valence electrons. The highest BCUT2D eigenvalue weighted by Crippen LogP contribution is 2.34. The number of para-hydroxylation sites is 1. The first-order chi connectivity index (χ1) is 27.2. The van der Waals surface area contributed by atoms with E-state index in [0.29, 0.717) is 91.3 Å². The number of hydrogen-bond donors (Lipinski definition) is 3. The molecular weight excluding hydrogens is 724 g/mol. The van der Waals surface area contributed by atoms with Crippen LogP contribution in [-0.2, 0) is 20.9 Å². The number of carbonyl (C=O) groups excluding carboxylic acids is 4. The van der Waals surface area contributed by atoms with Crippen LogP contribution >= 0.6 is 0 Å². The zero-order valence-corrected chi connectivity index (χ0v) is 30.3. The lowest BCUT2D eigenvalue weighted by molar-refractivity contribution is -0.136. The van der Waals surface area contributed by atoms with Gasteiger partial charge in [-0.1, -0.05) is 18.2 Å². The molecule has 0 aliphatic carbocycles. The minimum absolute atomic E-state index is 0.0161. The molecule has 4 amide bonds. The van der Waals surface area contributed by atoms with Crippen molar-refractivity contribution in [3.63, 3.8) is 0 Å². The molecule has 3 fully saturated rings. The number of anilines is 1. The number of hydrazine groups is 1. The van der Waals surface area contributed by atoms with Crippen LogP contribution in [0, 0.1) is 11.6 Å². The van der Waals surface area contributed by atoms with Gasteiger partial charge in [-0.2, -0.15) is 0 Å². The highest BCUT2D eigenvalue weighted by molar-refractivity contribution is 6.25. The van der Waals surface area contributed by atoms with E-state index in [2.05, 4.69) is 15.7 Å². The summed E-state index contributed by atoms with van der Waals surface area (Å²) < 4.78 is 36.1. The summed E-state index contributed by atoms with van der Waals surface area (Å²) in [6.07, 6.45) is 6.09. The molecule has 8 rings (SSSR count). The number of morpholine rings is 1. The monoisotopic (exact) mass is 763 g/mol. The van der Waals surface area contributed by atoms with Crippen molar-refractivity contribution < 1.29 is 32.7 Å². The second-order valence-corrected chi connectivity index (χ2v) is 14.1. The van der Waals surface area contributed by atoms with Crippen LogP contribution in [0.15, 0.2) is 65.9 Å². The molecule has 1 aromatic heterocycles. The predicted octanol–water partition coefficient (Wildman–Crippen LogP) is 3.67. The summed E-state index contributed by atoms with van der Waals surface area (Å²) in [7, 11) is 0. The first-order valence-electron chi connectivity index (χ1n) is 18.5. The Morgan fingerprint density at radius 1 is 0.964 bits per heavy atom. The third kappa shape index (κ3) is 7.25. The maximum absolute atomic E-state index is 15.4. The smallest absolute Gasteiger partial charge is 0.264 e. The maximum Gasteiger partial charge on any atom is 0.264 e. The van der Waals surface area contributed by atoms with Crippen LogP contribution in [-0.4, -0.2) is 106 Å². The van der Waals surface area contributed by atoms with Gasteiger partial charge in [0, 0.05) is 68.3 Å². The number of fused-ring (bicyclic) bond motifs is 2. The zero-order valence-electron chi connectivity index (χ0n) is 30.3. The number of amides is 4. The molecule has 0 spiro atoms. The normalized spacial score (nSPS) is 20.3. The van der Waals surface area contributed by atoms with Crippen molar-refractivity contribution >= 4 is 52.1 Å². The molecule has 14 nitrogen and oxygen atoms in total. The standard InChI is InChI=1S/C40H39F2N9O5/c41-29-17-23(18-30(42)28(29)22-49-13-15-56-16-14-49)26-3-1-6-32-37(26)46-33(21-45-32)24(19-43)20-44-25-9-11-50(12-10-25)48-31-5-2-4-27-36(31)40(55)51(39(27)54)34-7-8-35(52)47-38(34)53/h1-6,17-21,25,34,48H,7-16,22,43H2,(H,47,52,53). The van der Waals surface area contributed by atoms with Crippen LogP contribution in [0.4, 0.5) is 14.5 Å². The largest absolute Gasteiger partial charge is 0.404 e. The summed E-state index contributed by atoms with van der Waals surface area (Å²) in [6, 6.07) is 11.8. The van der Waals surface area contributed by atoms with E-state index < -0.39 is 41.3 Å². The summed E-state index contributed by atoms with van der Waals surface area (Å²) in [5.74, 6) is -3.49. The number of allylic oxidation sites excluding steroid dienone is 1. The lowest BCUT2D eigenvalue weighted by Crippen LogP contribution is -2.54. The molecule has 1 atom stereocenters. The van der Waals surface area contributed by atoms with Crippen LogP contribution in [0.25, 0.3) is 27.7 Å². The highest BCUT2D eigenvalue weighted by atomic mass is 19.1. The number of aliphatic imine (C=N–C) groups is 1. The number of imide groups is 2. The van der Waals surface area contributed by atoms with Gasteiger partial charge in [0.15, 0.2) is 0 Å². The van der Waals surface area contributed by atoms with Gasteiger partial charge >= 0.3 is 0 Å². The van der Waals surface area contributed by atoms with E-state index >= 15 is 8.78 Å². The molecule has 4 aromatic rings. The van der Waals surface area contributed by atoms with Crippen molar-refractivity contribution in [2.45, 2.75) is 44.3 Å². The lowest BCUT2D eigenvalue weighted by atomic mass is 10.0. The van der Waals surface area contributed by atoms with Gasteiger partial charge in [0.25, 0.3) is 11.8 Å². The van der Waals surface area contributed by atoms with Crippen LogP contribution < -0.4 is 16.5 Å². The summed E-state index contributed by atoms with van der Waals surface area (Å²) in [4.78, 5) is 68.0. The van der Waals surface area contributed by atoms with E-state index in [-0.39, 0.29) is 42.1 Å². The number of aromatic nitrogens is 2. The predicted molar refractivity (Wildman–Crippen MR) is 203 cm³/mol.